The van der Waals surface area contributed by atoms with E-state index in [2.05, 4.69) is 31.5 Å². The molecule has 8 nitrogen and oxygen atoms in total. The third kappa shape index (κ3) is 4.54. The minimum absolute atomic E-state index is 0.260. The third-order valence-corrected chi connectivity index (χ3v) is 6.14. The van der Waals surface area contributed by atoms with Gasteiger partial charge in [-0.05, 0) is 24.6 Å². The number of nitrogens with zero attached hydrogens (tertiary/aromatic N) is 1. The van der Waals surface area contributed by atoms with Crippen LogP contribution >= 0.6 is 15.9 Å². The normalized spacial score (nSPS) is 23.9. The molecule has 0 aromatic heterocycles. The maximum absolute atomic E-state index is 12.9. The van der Waals surface area contributed by atoms with Crippen molar-refractivity contribution in [3.63, 3.8) is 0 Å². The number of esters is 1. The van der Waals surface area contributed by atoms with E-state index in [1.54, 1.807) is 6.92 Å². The highest BCUT2D eigenvalue weighted by atomic mass is 79.9. The summed E-state index contributed by atoms with van der Waals surface area (Å²) >= 11 is 3.46. The van der Waals surface area contributed by atoms with E-state index >= 15 is 0 Å². The van der Waals surface area contributed by atoms with Gasteiger partial charge in [-0.2, -0.15) is 0 Å². The molecule has 1 aromatic rings. The molecule has 9 heteroatoms. The highest BCUT2D eigenvalue weighted by Gasteiger charge is 2.41. The van der Waals surface area contributed by atoms with Crippen molar-refractivity contribution >= 4 is 27.9 Å². The monoisotopic (exact) mass is 479 g/mol. The summed E-state index contributed by atoms with van der Waals surface area (Å²) in [6, 6.07) is 6.64. The Morgan fingerprint density at radius 3 is 2.70 bits per heavy atom. The molecule has 162 valence electrons. The van der Waals surface area contributed by atoms with Crippen molar-refractivity contribution in [1.29, 1.82) is 0 Å². The number of urea groups is 1. The van der Waals surface area contributed by atoms with E-state index < -0.39 is 17.8 Å². The first-order chi connectivity index (χ1) is 14.5. The van der Waals surface area contributed by atoms with Crippen LogP contribution in [0.25, 0.3) is 0 Å². The SMILES string of the molecule is CCOC(=O)C1=C(CN2CCC3(CC2)OCCO3)NC(=O)N[C@@H]1c1cccc(Br)c1. The fourth-order valence-electron chi connectivity index (χ4n) is 4.19. The number of amides is 2. The van der Waals surface area contributed by atoms with Gasteiger partial charge in [0.25, 0.3) is 0 Å². The quantitative estimate of drug-likeness (QED) is 0.630. The molecule has 3 aliphatic heterocycles. The number of ether oxygens (including phenoxy) is 3. The zero-order valence-corrected chi connectivity index (χ0v) is 18.5. The fraction of sp³-hybridized carbons (Fsp3) is 0.524. The summed E-state index contributed by atoms with van der Waals surface area (Å²) in [5, 5.41) is 5.71. The van der Waals surface area contributed by atoms with Crippen LogP contribution in [0.1, 0.15) is 31.4 Å². The number of hydrogen-bond donors (Lipinski definition) is 2. The van der Waals surface area contributed by atoms with Crippen molar-refractivity contribution in [1.82, 2.24) is 15.5 Å². The van der Waals surface area contributed by atoms with Crippen LogP contribution in [0.15, 0.2) is 40.0 Å². The van der Waals surface area contributed by atoms with Gasteiger partial charge in [0.15, 0.2) is 5.79 Å². The van der Waals surface area contributed by atoms with Crippen LogP contribution in [0.4, 0.5) is 4.79 Å². The van der Waals surface area contributed by atoms with Crippen molar-refractivity contribution < 1.29 is 23.8 Å². The van der Waals surface area contributed by atoms with Gasteiger partial charge in [0.2, 0.25) is 0 Å². The summed E-state index contributed by atoms with van der Waals surface area (Å²) in [4.78, 5) is 27.5. The van der Waals surface area contributed by atoms with Gasteiger partial charge in [-0.3, -0.25) is 4.90 Å². The van der Waals surface area contributed by atoms with Crippen molar-refractivity contribution in [2.45, 2.75) is 31.6 Å². The molecule has 1 spiro atoms. The van der Waals surface area contributed by atoms with Gasteiger partial charge in [-0.1, -0.05) is 28.1 Å². The molecule has 0 radical (unpaired) electrons. The second kappa shape index (κ2) is 9.05. The Balaban J connectivity index is 1.60. The van der Waals surface area contributed by atoms with Gasteiger partial charge < -0.3 is 24.8 Å². The summed E-state index contributed by atoms with van der Waals surface area (Å²) in [6.45, 7) is 5.25. The maximum atomic E-state index is 12.9. The number of benzene rings is 1. The van der Waals surface area contributed by atoms with Crippen molar-refractivity contribution in [3.8, 4) is 0 Å². The Bertz CT molecular complexity index is 843. The van der Waals surface area contributed by atoms with Gasteiger partial charge in [0, 0.05) is 42.6 Å². The van der Waals surface area contributed by atoms with Crippen LogP contribution in [0, 0.1) is 0 Å². The molecule has 30 heavy (non-hydrogen) atoms. The Hall–Kier alpha value is -1.94. The molecular formula is C21H26BrN3O5. The van der Waals surface area contributed by atoms with E-state index in [0.717, 1.165) is 36.0 Å². The molecule has 0 bridgehead atoms. The smallest absolute Gasteiger partial charge is 0.338 e. The highest BCUT2D eigenvalue weighted by molar-refractivity contribution is 9.10. The average Bonchev–Trinajstić information content (AvgIpc) is 3.18. The lowest BCUT2D eigenvalue weighted by Gasteiger charge is -2.39. The molecule has 2 saturated heterocycles. The zero-order valence-electron chi connectivity index (χ0n) is 16.9. The maximum Gasteiger partial charge on any atom is 0.338 e. The van der Waals surface area contributed by atoms with E-state index in [9.17, 15) is 9.59 Å². The molecule has 3 aliphatic rings. The summed E-state index contributed by atoms with van der Waals surface area (Å²) in [5.41, 5.74) is 1.82. The average molecular weight is 480 g/mol. The predicted molar refractivity (Wildman–Crippen MR) is 113 cm³/mol. The summed E-state index contributed by atoms with van der Waals surface area (Å²) in [7, 11) is 0. The Morgan fingerprint density at radius 2 is 2.03 bits per heavy atom. The topological polar surface area (TPSA) is 89.1 Å². The number of carbonyl (C=O) groups excluding carboxylic acids is 2. The zero-order chi connectivity index (χ0) is 21.1. The largest absolute Gasteiger partial charge is 0.463 e. The lowest BCUT2D eigenvalue weighted by Crippen LogP contribution is -2.51. The molecule has 2 amide bonds. The number of piperidine rings is 1. The minimum Gasteiger partial charge on any atom is -0.463 e. The second-order valence-electron chi connectivity index (χ2n) is 7.58. The standard InChI is InChI=1S/C21H26BrN3O5/c1-2-28-19(26)17-16(13-25-8-6-21(7-9-25)29-10-11-30-21)23-20(27)24-18(17)14-4-3-5-15(22)12-14/h3-5,12,18H,2,6-11,13H2,1H3,(H2,23,24,27)/t18-/m1/s1. The van der Waals surface area contributed by atoms with E-state index in [1.165, 1.54) is 0 Å². The van der Waals surface area contributed by atoms with Crippen LogP contribution in [0.2, 0.25) is 0 Å². The molecule has 0 aliphatic carbocycles. The van der Waals surface area contributed by atoms with Gasteiger partial charge in [-0.25, -0.2) is 9.59 Å². The van der Waals surface area contributed by atoms with E-state index in [4.69, 9.17) is 14.2 Å². The van der Waals surface area contributed by atoms with Crippen molar-refractivity contribution in [3.05, 3.63) is 45.6 Å². The molecular weight excluding hydrogens is 454 g/mol. The van der Waals surface area contributed by atoms with Gasteiger partial charge in [0.05, 0.1) is 31.4 Å². The fourth-order valence-corrected chi connectivity index (χ4v) is 4.61. The van der Waals surface area contributed by atoms with Gasteiger partial charge in [0.1, 0.15) is 0 Å². The molecule has 1 atom stereocenters. The first-order valence-corrected chi connectivity index (χ1v) is 11.0. The van der Waals surface area contributed by atoms with Crippen molar-refractivity contribution in [2.24, 2.45) is 0 Å². The Kier molecular flexibility index (Phi) is 6.43. The highest BCUT2D eigenvalue weighted by Crippen LogP contribution is 2.33. The number of hydrogen-bond acceptors (Lipinski definition) is 6. The number of carbonyl (C=O) groups is 2. The lowest BCUT2D eigenvalue weighted by molar-refractivity contribution is -0.184. The van der Waals surface area contributed by atoms with E-state index in [-0.39, 0.29) is 12.6 Å². The van der Waals surface area contributed by atoms with E-state index in [0.29, 0.717) is 31.0 Å². The number of halogens is 1. The van der Waals surface area contributed by atoms with E-state index in [1.807, 2.05) is 24.3 Å². The van der Waals surface area contributed by atoms with Crippen molar-refractivity contribution in [2.75, 3.05) is 39.5 Å². The van der Waals surface area contributed by atoms with Crippen LogP contribution in [0.3, 0.4) is 0 Å². The third-order valence-electron chi connectivity index (χ3n) is 5.64. The molecule has 0 unspecified atom stereocenters. The first kappa shape index (κ1) is 21.3. The van der Waals surface area contributed by atoms with Gasteiger partial charge in [-0.15, -0.1) is 0 Å². The molecule has 2 fully saturated rings. The van der Waals surface area contributed by atoms with Crippen LogP contribution in [0.5, 0.6) is 0 Å². The van der Waals surface area contributed by atoms with Crippen LogP contribution in [-0.4, -0.2) is 62.1 Å². The summed E-state index contributed by atoms with van der Waals surface area (Å²) < 4.78 is 17.8. The molecule has 1 aromatic carbocycles. The lowest BCUT2D eigenvalue weighted by atomic mass is 9.94. The predicted octanol–water partition coefficient (Wildman–Crippen LogP) is 2.46. The number of rotatable bonds is 5. The van der Waals surface area contributed by atoms with Gasteiger partial charge >= 0.3 is 12.0 Å². The molecule has 2 N–H and O–H groups in total. The second-order valence-corrected chi connectivity index (χ2v) is 8.50. The molecule has 4 rings (SSSR count). The molecule has 3 heterocycles. The Morgan fingerprint density at radius 1 is 1.30 bits per heavy atom. The van der Waals surface area contributed by atoms with Crippen LogP contribution in [-0.2, 0) is 19.0 Å². The first-order valence-electron chi connectivity index (χ1n) is 10.2. The molecule has 0 saturated carbocycles. The number of likely N-dealkylation sites (tertiary alicyclic amines) is 1. The van der Waals surface area contributed by atoms with Crippen LogP contribution < -0.4 is 10.6 Å². The summed E-state index contributed by atoms with van der Waals surface area (Å²) in [6.07, 6.45) is 1.52. The number of nitrogens with one attached hydrogen (secondary N) is 2. The summed E-state index contributed by atoms with van der Waals surface area (Å²) in [5.74, 6) is -0.897. The minimum atomic E-state index is -0.581. The Labute approximate surface area is 184 Å².